The number of anilines is 2. The minimum Gasteiger partial charge on any atom is -0.444 e. The fourth-order valence-electron chi connectivity index (χ4n) is 8.25. The number of amides is 4. The monoisotopic (exact) mass is 762 g/mol. The molecule has 0 spiro atoms. The number of hydrogen-bond acceptors (Lipinski definition) is 11. The maximum Gasteiger partial charge on any atom is 0.410 e. The van der Waals surface area contributed by atoms with Gasteiger partial charge in [0.05, 0.1) is 11.8 Å². The summed E-state index contributed by atoms with van der Waals surface area (Å²) >= 11 is 0. The van der Waals surface area contributed by atoms with Crippen LogP contribution in [0.2, 0.25) is 0 Å². The van der Waals surface area contributed by atoms with Crippen LogP contribution in [0.15, 0.2) is 46.0 Å². The summed E-state index contributed by atoms with van der Waals surface area (Å²) in [6, 6.07) is 5.71. The fraction of sp³-hybridized carbons (Fsp3) is 0.579. The number of sulfonamides is 1. The van der Waals surface area contributed by atoms with Crippen molar-refractivity contribution in [3.05, 3.63) is 68.0 Å². The lowest BCUT2D eigenvalue weighted by atomic mass is 10.0. The standard InChI is InChI=1S/C38H46N6O9S/c45-32-30(31(33(32)46)42-16-8-17-42)39-28-12-5-3-1-2-4-11-25-20-38(25,36(49)41-54(51,52)27-13-14-27)40-34(47)29-19-26(22-44(29)35(28)48)53-37(50)43-18-15-23-9-6-7-10-24(23)21-43/h4,6-7,9-11,25-29,39H,1-3,5,8,12-22H2,(H,40,47)(H,41,49)/t25-,26?,28+,29+,38-/m1/s1. The second-order valence-corrected chi connectivity index (χ2v) is 17.6. The molecule has 3 N–H and O–H groups in total. The molecule has 8 rings (SSSR count). The average molecular weight is 763 g/mol. The highest BCUT2D eigenvalue weighted by Gasteiger charge is 2.62. The van der Waals surface area contributed by atoms with Gasteiger partial charge in [-0.05, 0) is 62.5 Å². The van der Waals surface area contributed by atoms with Crippen LogP contribution in [-0.4, -0.2) is 97.2 Å². The van der Waals surface area contributed by atoms with Crippen LogP contribution in [0.4, 0.5) is 16.2 Å². The molecule has 1 unspecified atom stereocenters. The van der Waals surface area contributed by atoms with Gasteiger partial charge in [-0.15, -0.1) is 0 Å². The topological polar surface area (TPSA) is 192 Å². The third kappa shape index (κ3) is 6.88. The summed E-state index contributed by atoms with van der Waals surface area (Å²) in [5.74, 6) is -2.44. The number of benzene rings is 1. The molecule has 5 atom stereocenters. The third-order valence-corrected chi connectivity index (χ3v) is 13.7. The molecule has 16 heteroatoms. The Kier molecular flexibility index (Phi) is 9.51. The summed E-state index contributed by atoms with van der Waals surface area (Å²) in [5, 5.41) is 5.29. The maximum absolute atomic E-state index is 14.6. The van der Waals surface area contributed by atoms with Crippen LogP contribution >= 0.6 is 0 Å². The van der Waals surface area contributed by atoms with Crippen LogP contribution in [-0.2, 0) is 42.1 Å². The van der Waals surface area contributed by atoms with E-state index in [4.69, 9.17) is 4.74 Å². The first-order valence-corrected chi connectivity index (χ1v) is 20.7. The molecule has 4 heterocycles. The summed E-state index contributed by atoms with van der Waals surface area (Å²) in [5.41, 5.74) is -0.270. The molecule has 2 saturated heterocycles. The van der Waals surface area contributed by atoms with E-state index in [1.54, 1.807) is 4.90 Å². The van der Waals surface area contributed by atoms with Crippen LogP contribution < -0.4 is 31.1 Å². The molecule has 4 fully saturated rings. The second kappa shape index (κ2) is 14.2. The second-order valence-electron chi connectivity index (χ2n) is 15.6. The minimum absolute atomic E-state index is 0.0574. The zero-order chi connectivity index (χ0) is 37.8. The van der Waals surface area contributed by atoms with Gasteiger partial charge in [0.15, 0.2) is 0 Å². The van der Waals surface area contributed by atoms with E-state index in [9.17, 15) is 37.2 Å². The van der Waals surface area contributed by atoms with Gasteiger partial charge in [-0.2, -0.15) is 0 Å². The molecule has 15 nitrogen and oxygen atoms in total. The van der Waals surface area contributed by atoms with Crippen LogP contribution in [0.25, 0.3) is 0 Å². The SMILES string of the molecule is O=C1N[C@]2(C(=O)NS(=O)(=O)C3CC3)C[C@H]2C=CCCCCC[C@H](Nc2c(N3CCC3)c(=O)c2=O)C(=O)N2CC(OC(=O)N3CCc4ccccc4C3)C[C@@H]12. The van der Waals surface area contributed by atoms with Crippen molar-refractivity contribution < 1.29 is 32.3 Å². The summed E-state index contributed by atoms with van der Waals surface area (Å²) in [6.07, 6.45) is 8.05. The Balaban J connectivity index is 1.07. The Hall–Kier alpha value is -4.73. The van der Waals surface area contributed by atoms with Gasteiger partial charge in [0, 0.05) is 38.5 Å². The number of nitrogens with zero attached hydrogens (tertiary/aromatic N) is 3. The zero-order valence-corrected chi connectivity index (χ0v) is 30.9. The predicted molar refractivity (Wildman–Crippen MR) is 198 cm³/mol. The van der Waals surface area contributed by atoms with Crippen molar-refractivity contribution in [1.29, 1.82) is 0 Å². The van der Waals surface area contributed by atoms with E-state index >= 15 is 0 Å². The molecule has 288 valence electrons. The first-order valence-electron chi connectivity index (χ1n) is 19.2. The van der Waals surface area contributed by atoms with E-state index < -0.39 is 79.6 Å². The lowest BCUT2D eigenvalue weighted by Gasteiger charge is -2.36. The average Bonchev–Trinajstić information content (AvgIpc) is 4.07. The summed E-state index contributed by atoms with van der Waals surface area (Å²) in [6.45, 7) is 1.95. The maximum atomic E-state index is 14.6. The van der Waals surface area contributed by atoms with E-state index in [-0.39, 0.29) is 30.8 Å². The smallest absolute Gasteiger partial charge is 0.410 e. The molecule has 2 aromatic rings. The van der Waals surface area contributed by atoms with Gasteiger partial charge < -0.3 is 30.1 Å². The molecule has 4 aliphatic heterocycles. The molecule has 2 aliphatic carbocycles. The van der Waals surface area contributed by atoms with Gasteiger partial charge in [0.1, 0.15) is 35.1 Å². The van der Waals surface area contributed by atoms with Gasteiger partial charge in [-0.25, -0.2) is 13.2 Å². The Labute approximate surface area is 313 Å². The summed E-state index contributed by atoms with van der Waals surface area (Å²) < 4.78 is 33.8. The van der Waals surface area contributed by atoms with Crippen molar-refractivity contribution in [3.63, 3.8) is 0 Å². The number of rotatable bonds is 7. The molecule has 6 aliphatic rings. The van der Waals surface area contributed by atoms with Crippen molar-refractivity contribution in [3.8, 4) is 0 Å². The van der Waals surface area contributed by atoms with E-state index in [2.05, 4.69) is 15.4 Å². The molecule has 4 amide bonds. The van der Waals surface area contributed by atoms with Crippen molar-refractivity contribution >= 4 is 45.2 Å². The highest BCUT2D eigenvalue weighted by atomic mass is 32.2. The zero-order valence-electron chi connectivity index (χ0n) is 30.1. The van der Waals surface area contributed by atoms with Gasteiger partial charge in [-0.3, -0.25) is 28.7 Å². The molecule has 0 aromatic heterocycles. The highest BCUT2D eigenvalue weighted by molar-refractivity contribution is 7.91. The molecule has 0 bridgehead atoms. The first-order chi connectivity index (χ1) is 25.9. The molecule has 2 aromatic carbocycles. The molecular weight excluding hydrogens is 717 g/mol. The van der Waals surface area contributed by atoms with E-state index in [0.29, 0.717) is 64.7 Å². The predicted octanol–water partition coefficient (Wildman–Crippen LogP) is 1.44. The number of nitrogens with one attached hydrogen (secondary N) is 3. The fourth-order valence-corrected chi connectivity index (χ4v) is 9.61. The number of hydrogen-bond donors (Lipinski definition) is 3. The number of allylic oxidation sites excluding steroid dienone is 1. The van der Waals surface area contributed by atoms with Crippen molar-refractivity contribution in [2.75, 3.05) is 36.4 Å². The van der Waals surface area contributed by atoms with Gasteiger partial charge in [0.25, 0.3) is 16.8 Å². The van der Waals surface area contributed by atoms with Crippen molar-refractivity contribution in [1.82, 2.24) is 19.8 Å². The quantitative estimate of drug-likeness (QED) is 0.273. The van der Waals surface area contributed by atoms with Crippen LogP contribution in [0.1, 0.15) is 75.3 Å². The number of ether oxygens (including phenoxy) is 1. The molecular formula is C38H46N6O9S. The number of carbonyl (C=O) groups is 4. The van der Waals surface area contributed by atoms with Crippen molar-refractivity contribution in [2.45, 2.75) is 106 Å². The van der Waals surface area contributed by atoms with Crippen molar-refractivity contribution in [2.24, 2.45) is 5.92 Å². The Morgan fingerprint density at radius 2 is 1.70 bits per heavy atom. The lowest BCUT2D eigenvalue weighted by Crippen LogP contribution is -2.58. The first kappa shape index (κ1) is 36.3. The van der Waals surface area contributed by atoms with E-state index in [0.717, 1.165) is 30.4 Å². The Bertz CT molecular complexity index is 2070. The lowest BCUT2D eigenvalue weighted by molar-refractivity contribution is -0.140. The van der Waals surface area contributed by atoms with Crippen LogP contribution in [0, 0.1) is 5.92 Å². The number of fused-ring (bicyclic) bond motifs is 3. The van der Waals surface area contributed by atoms with E-state index in [1.807, 2.05) is 41.3 Å². The van der Waals surface area contributed by atoms with E-state index in [1.165, 1.54) is 4.90 Å². The highest BCUT2D eigenvalue weighted by Crippen LogP contribution is 2.46. The molecule has 54 heavy (non-hydrogen) atoms. The van der Waals surface area contributed by atoms with Crippen LogP contribution in [0.3, 0.4) is 0 Å². The van der Waals surface area contributed by atoms with Crippen LogP contribution in [0.5, 0.6) is 0 Å². The largest absolute Gasteiger partial charge is 0.444 e. The Morgan fingerprint density at radius 1 is 0.926 bits per heavy atom. The normalized spacial score (nSPS) is 28.8. The van der Waals surface area contributed by atoms with Gasteiger partial charge in [0.2, 0.25) is 21.8 Å². The molecule has 2 saturated carbocycles. The Morgan fingerprint density at radius 3 is 2.44 bits per heavy atom. The van der Waals surface area contributed by atoms with Gasteiger partial charge >= 0.3 is 6.09 Å². The van der Waals surface area contributed by atoms with Gasteiger partial charge in [-0.1, -0.05) is 49.3 Å². The third-order valence-electron chi connectivity index (χ3n) is 11.9. The molecule has 0 radical (unpaired) electrons. The summed E-state index contributed by atoms with van der Waals surface area (Å²) in [7, 11) is -3.91. The minimum atomic E-state index is -3.91. The number of carbonyl (C=O) groups excluding carboxylic acids is 4. The summed E-state index contributed by atoms with van der Waals surface area (Å²) in [4.78, 5) is 86.3.